The van der Waals surface area contributed by atoms with Crippen molar-refractivity contribution in [2.24, 2.45) is 0 Å². The standard InChI is InChI=1S/C13H11BrN2O2/c1-18-10-5-2-4-9(8-10)16-13(17)12-11(14)6-3-7-15-12/h2-8H,1H3,(H,16,17). The van der Waals surface area contributed by atoms with Gasteiger partial charge in [0.25, 0.3) is 5.91 Å². The van der Waals surface area contributed by atoms with Gasteiger partial charge < -0.3 is 10.1 Å². The van der Waals surface area contributed by atoms with Gasteiger partial charge in [-0.25, -0.2) is 4.98 Å². The topological polar surface area (TPSA) is 51.2 Å². The van der Waals surface area contributed by atoms with Gasteiger partial charge in [-0.05, 0) is 40.2 Å². The molecule has 4 nitrogen and oxygen atoms in total. The Morgan fingerprint density at radius 2 is 2.17 bits per heavy atom. The van der Waals surface area contributed by atoms with Crippen LogP contribution in [0.25, 0.3) is 0 Å². The minimum absolute atomic E-state index is 0.268. The molecule has 2 aromatic rings. The average molecular weight is 307 g/mol. The lowest BCUT2D eigenvalue weighted by Crippen LogP contribution is -2.14. The molecule has 1 aromatic heterocycles. The summed E-state index contributed by atoms with van der Waals surface area (Å²) in [6.07, 6.45) is 1.57. The maximum Gasteiger partial charge on any atom is 0.275 e. The first-order chi connectivity index (χ1) is 8.70. The van der Waals surface area contributed by atoms with Crippen LogP contribution >= 0.6 is 15.9 Å². The van der Waals surface area contributed by atoms with Crippen LogP contribution in [-0.2, 0) is 0 Å². The third-order valence-corrected chi connectivity index (χ3v) is 2.94. The van der Waals surface area contributed by atoms with Crippen LogP contribution in [0.3, 0.4) is 0 Å². The molecule has 0 aliphatic heterocycles. The van der Waals surface area contributed by atoms with Crippen molar-refractivity contribution in [3.05, 3.63) is 52.8 Å². The van der Waals surface area contributed by atoms with Crippen LogP contribution in [0.4, 0.5) is 5.69 Å². The van der Waals surface area contributed by atoms with Crippen molar-refractivity contribution < 1.29 is 9.53 Å². The van der Waals surface area contributed by atoms with Gasteiger partial charge in [-0.3, -0.25) is 4.79 Å². The molecule has 0 unspecified atom stereocenters. The summed E-state index contributed by atoms with van der Waals surface area (Å²) >= 11 is 3.29. The number of pyridine rings is 1. The van der Waals surface area contributed by atoms with Gasteiger partial charge >= 0.3 is 0 Å². The number of amides is 1. The Hall–Kier alpha value is -1.88. The van der Waals surface area contributed by atoms with Crippen LogP contribution in [-0.4, -0.2) is 18.0 Å². The second kappa shape index (κ2) is 5.64. The Kier molecular flexibility index (Phi) is 3.94. The highest BCUT2D eigenvalue weighted by Gasteiger charge is 2.11. The van der Waals surface area contributed by atoms with E-state index in [0.29, 0.717) is 21.6 Å². The zero-order chi connectivity index (χ0) is 13.0. The number of benzene rings is 1. The Bertz CT molecular complexity index is 572. The number of hydrogen-bond donors (Lipinski definition) is 1. The number of aromatic nitrogens is 1. The molecule has 0 saturated carbocycles. The number of ether oxygens (including phenoxy) is 1. The zero-order valence-electron chi connectivity index (χ0n) is 9.68. The number of carbonyl (C=O) groups is 1. The van der Waals surface area contributed by atoms with Crippen LogP contribution in [0, 0.1) is 0 Å². The van der Waals surface area contributed by atoms with Crippen molar-refractivity contribution in [2.75, 3.05) is 12.4 Å². The van der Waals surface area contributed by atoms with Crippen LogP contribution < -0.4 is 10.1 Å². The number of nitrogens with zero attached hydrogens (tertiary/aromatic N) is 1. The summed E-state index contributed by atoms with van der Waals surface area (Å²) in [7, 11) is 1.58. The summed E-state index contributed by atoms with van der Waals surface area (Å²) in [4.78, 5) is 16.0. The van der Waals surface area contributed by atoms with Crippen molar-refractivity contribution in [1.29, 1.82) is 0 Å². The lowest BCUT2D eigenvalue weighted by atomic mass is 10.3. The predicted molar refractivity (Wildman–Crippen MR) is 72.9 cm³/mol. The molecule has 2 rings (SSSR count). The second-order valence-corrected chi connectivity index (χ2v) is 4.37. The van der Waals surface area contributed by atoms with Crippen LogP contribution in [0.5, 0.6) is 5.75 Å². The number of halogens is 1. The summed E-state index contributed by atoms with van der Waals surface area (Å²) in [5, 5.41) is 2.76. The number of anilines is 1. The van der Waals surface area contributed by atoms with Gasteiger partial charge in [-0.1, -0.05) is 6.07 Å². The van der Waals surface area contributed by atoms with E-state index in [4.69, 9.17) is 4.74 Å². The largest absolute Gasteiger partial charge is 0.497 e. The highest BCUT2D eigenvalue weighted by Crippen LogP contribution is 2.19. The molecule has 5 heteroatoms. The minimum atomic E-state index is -0.268. The van der Waals surface area contributed by atoms with Crippen molar-refractivity contribution in [2.45, 2.75) is 0 Å². The molecule has 0 aliphatic carbocycles. The van der Waals surface area contributed by atoms with Crippen LogP contribution in [0.1, 0.15) is 10.5 Å². The Labute approximate surface area is 113 Å². The molecule has 0 radical (unpaired) electrons. The Morgan fingerprint density at radius 1 is 1.33 bits per heavy atom. The van der Waals surface area contributed by atoms with E-state index in [1.54, 1.807) is 37.6 Å². The molecule has 1 heterocycles. The van der Waals surface area contributed by atoms with Gasteiger partial charge in [0, 0.05) is 22.4 Å². The smallest absolute Gasteiger partial charge is 0.275 e. The van der Waals surface area contributed by atoms with Gasteiger partial charge in [0.05, 0.1) is 7.11 Å². The van der Waals surface area contributed by atoms with E-state index in [2.05, 4.69) is 26.2 Å². The molecule has 0 bridgehead atoms. The first kappa shape index (κ1) is 12.6. The number of hydrogen-bond acceptors (Lipinski definition) is 3. The van der Waals surface area contributed by atoms with E-state index >= 15 is 0 Å². The molecule has 18 heavy (non-hydrogen) atoms. The molecule has 0 aliphatic rings. The van der Waals surface area contributed by atoms with E-state index in [1.165, 1.54) is 0 Å². The summed E-state index contributed by atoms with van der Waals surface area (Å²) < 4.78 is 5.75. The number of carbonyl (C=O) groups excluding carboxylic acids is 1. The summed E-state index contributed by atoms with van der Waals surface area (Å²) in [6.45, 7) is 0. The predicted octanol–water partition coefficient (Wildman–Crippen LogP) is 3.11. The van der Waals surface area contributed by atoms with E-state index in [-0.39, 0.29) is 5.91 Å². The maximum absolute atomic E-state index is 12.0. The van der Waals surface area contributed by atoms with Gasteiger partial charge in [-0.2, -0.15) is 0 Å². The normalized spacial score (nSPS) is 9.89. The lowest BCUT2D eigenvalue weighted by Gasteiger charge is -2.07. The lowest BCUT2D eigenvalue weighted by molar-refractivity contribution is 0.102. The molecule has 1 aromatic carbocycles. The van der Waals surface area contributed by atoms with Crippen molar-refractivity contribution in [1.82, 2.24) is 4.98 Å². The quantitative estimate of drug-likeness (QED) is 0.948. The molecule has 0 fully saturated rings. The molecule has 1 amide bonds. The molecule has 0 saturated heterocycles. The highest BCUT2D eigenvalue weighted by atomic mass is 79.9. The highest BCUT2D eigenvalue weighted by molar-refractivity contribution is 9.10. The maximum atomic E-state index is 12.0. The summed E-state index contributed by atoms with van der Waals surface area (Å²) in [5.74, 6) is 0.420. The van der Waals surface area contributed by atoms with Crippen molar-refractivity contribution >= 4 is 27.5 Å². The van der Waals surface area contributed by atoms with Gasteiger partial charge in [0.15, 0.2) is 0 Å². The molecule has 1 N–H and O–H groups in total. The van der Waals surface area contributed by atoms with Gasteiger partial charge in [0.1, 0.15) is 11.4 Å². The monoisotopic (exact) mass is 306 g/mol. The van der Waals surface area contributed by atoms with Crippen molar-refractivity contribution in [3.63, 3.8) is 0 Å². The minimum Gasteiger partial charge on any atom is -0.497 e. The molecule has 0 spiro atoms. The molecule has 0 atom stereocenters. The zero-order valence-corrected chi connectivity index (χ0v) is 11.3. The fourth-order valence-corrected chi connectivity index (χ4v) is 1.88. The summed E-state index contributed by atoms with van der Waals surface area (Å²) in [6, 6.07) is 10.7. The average Bonchev–Trinajstić information content (AvgIpc) is 2.39. The van der Waals surface area contributed by atoms with Crippen LogP contribution in [0.2, 0.25) is 0 Å². The number of methoxy groups -OCH3 is 1. The van der Waals surface area contributed by atoms with E-state index < -0.39 is 0 Å². The third-order valence-electron chi connectivity index (χ3n) is 2.30. The first-order valence-corrected chi connectivity index (χ1v) is 6.06. The van der Waals surface area contributed by atoms with Gasteiger partial charge in [0.2, 0.25) is 0 Å². The molecule has 92 valence electrons. The van der Waals surface area contributed by atoms with E-state index in [9.17, 15) is 4.79 Å². The second-order valence-electron chi connectivity index (χ2n) is 3.52. The Morgan fingerprint density at radius 3 is 2.89 bits per heavy atom. The molecular weight excluding hydrogens is 296 g/mol. The fourth-order valence-electron chi connectivity index (χ4n) is 1.44. The Balaban J connectivity index is 2.19. The SMILES string of the molecule is COc1cccc(NC(=O)c2ncccc2Br)c1. The molecular formula is C13H11BrN2O2. The summed E-state index contributed by atoms with van der Waals surface area (Å²) in [5.41, 5.74) is 1.01. The van der Waals surface area contributed by atoms with Gasteiger partial charge in [-0.15, -0.1) is 0 Å². The number of nitrogens with one attached hydrogen (secondary N) is 1. The van der Waals surface area contributed by atoms with E-state index in [1.807, 2.05) is 12.1 Å². The van der Waals surface area contributed by atoms with Crippen LogP contribution in [0.15, 0.2) is 47.1 Å². The number of rotatable bonds is 3. The van der Waals surface area contributed by atoms with E-state index in [0.717, 1.165) is 0 Å². The third kappa shape index (κ3) is 2.87. The fraction of sp³-hybridized carbons (Fsp3) is 0.0769. The first-order valence-electron chi connectivity index (χ1n) is 5.26. The van der Waals surface area contributed by atoms with Crippen molar-refractivity contribution in [3.8, 4) is 5.75 Å².